The van der Waals surface area contributed by atoms with Crippen molar-refractivity contribution in [2.24, 2.45) is 0 Å². The van der Waals surface area contributed by atoms with Crippen molar-refractivity contribution in [2.45, 2.75) is 32.5 Å². The fourth-order valence-corrected chi connectivity index (χ4v) is 1.58. The fourth-order valence-electron chi connectivity index (χ4n) is 1.58. The van der Waals surface area contributed by atoms with Crippen molar-refractivity contribution in [1.82, 2.24) is 5.06 Å². The minimum atomic E-state index is 0.122. The Hall–Kier alpha value is -1.16. The topological polar surface area (TPSA) is 32.7 Å². The summed E-state index contributed by atoms with van der Waals surface area (Å²) in [7, 11) is 1.66. The average molecular weight is 249 g/mol. The van der Waals surface area contributed by atoms with E-state index < -0.39 is 0 Å². The van der Waals surface area contributed by atoms with Gasteiger partial charge in [0, 0.05) is 13.6 Å². The predicted octanol–water partition coefficient (Wildman–Crippen LogP) is 3.25. The molecule has 0 saturated carbocycles. The summed E-state index contributed by atoms with van der Waals surface area (Å²) in [5.41, 5.74) is 1.19. The van der Waals surface area contributed by atoms with Crippen LogP contribution in [0.3, 0.4) is 0 Å². The van der Waals surface area contributed by atoms with Crippen LogP contribution in [0.15, 0.2) is 42.5 Å². The van der Waals surface area contributed by atoms with Gasteiger partial charge in [-0.25, -0.2) is 0 Å². The smallest absolute Gasteiger partial charge is 0.0732 e. The normalized spacial score (nSPS) is 13.3. The maximum Gasteiger partial charge on any atom is 0.0732 e. The molecule has 0 spiro atoms. The summed E-state index contributed by atoms with van der Waals surface area (Å²) in [5, 5.41) is 10.2. The summed E-state index contributed by atoms with van der Waals surface area (Å²) >= 11 is 0. The third-order valence-corrected chi connectivity index (χ3v) is 2.62. The summed E-state index contributed by atoms with van der Waals surface area (Å²) in [6.07, 6.45) is 6.22. The van der Waals surface area contributed by atoms with E-state index in [1.165, 1.54) is 10.6 Å². The first kappa shape index (κ1) is 14.9. The molecule has 3 heteroatoms. The molecular formula is C15H23NO2. The molecule has 1 aromatic rings. The van der Waals surface area contributed by atoms with Crippen molar-refractivity contribution in [3.05, 3.63) is 48.0 Å². The summed E-state index contributed by atoms with van der Waals surface area (Å²) in [6, 6.07) is 10.2. The molecule has 0 unspecified atom stereocenters. The van der Waals surface area contributed by atoms with Crippen molar-refractivity contribution >= 4 is 0 Å². The molecule has 0 aliphatic heterocycles. The van der Waals surface area contributed by atoms with E-state index in [2.05, 4.69) is 24.3 Å². The van der Waals surface area contributed by atoms with Gasteiger partial charge in [-0.3, -0.25) is 0 Å². The molecule has 3 nitrogen and oxygen atoms in total. The lowest BCUT2D eigenvalue weighted by Crippen LogP contribution is -2.13. The Balaban J connectivity index is 2.13. The minimum Gasteiger partial charge on any atom is -0.370 e. The van der Waals surface area contributed by atoms with Crippen LogP contribution in [0.5, 0.6) is 0 Å². The molecule has 0 bridgehead atoms. The summed E-state index contributed by atoms with van der Waals surface area (Å²) in [6.45, 7) is 3.38. The lowest BCUT2D eigenvalue weighted by atomic mass is 10.2. The Morgan fingerprint density at radius 1 is 1.33 bits per heavy atom. The van der Waals surface area contributed by atoms with Gasteiger partial charge in [-0.15, -0.1) is 0 Å². The van der Waals surface area contributed by atoms with Crippen LogP contribution in [0.2, 0.25) is 0 Å². The van der Waals surface area contributed by atoms with Gasteiger partial charge in [-0.05, 0) is 25.3 Å². The third kappa shape index (κ3) is 7.22. The highest BCUT2D eigenvalue weighted by Crippen LogP contribution is 2.04. The zero-order valence-electron chi connectivity index (χ0n) is 11.2. The van der Waals surface area contributed by atoms with Crippen molar-refractivity contribution in [3.63, 3.8) is 0 Å². The maximum absolute atomic E-state index is 8.96. The van der Waals surface area contributed by atoms with Crippen LogP contribution in [0.4, 0.5) is 0 Å². The van der Waals surface area contributed by atoms with E-state index >= 15 is 0 Å². The number of hydrogen-bond acceptors (Lipinski definition) is 3. The largest absolute Gasteiger partial charge is 0.370 e. The SMILES string of the molecule is C[C@@H](/C=C/CCCN(C)O)OCc1ccccc1. The van der Waals surface area contributed by atoms with Crippen molar-refractivity contribution in [2.75, 3.05) is 13.6 Å². The fraction of sp³-hybridized carbons (Fsp3) is 0.467. The van der Waals surface area contributed by atoms with Crippen LogP contribution in [-0.4, -0.2) is 30.0 Å². The first-order valence-corrected chi connectivity index (χ1v) is 6.40. The Morgan fingerprint density at radius 3 is 2.72 bits per heavy atom. The summed E-state index contributed by atoms with van der Waals surface area (Å²) in [5.74, 6) is 0. The lowest BCUT2D eigenvalue weighted by molar-refractivity contribution is -0.0649. The molecule has 1 rings (SSSR count). The highest BCUT2D eigenvalue weighted by Gasteiger charge is 1.97. The van der Waals surface area contributed by atoms with E-state index in [4.69, 9.17) is 9.94 Å². The molecule has 1 aromatic carbocycles. The van der Waals surface area contributed by atoms with Gasteiger partial charge in [0.2, 0.25) is 0 Å². The van der Waals surface area contributed by atoms with Gasteiger partial charge in [0.25, 0.3) is 0 Å². The van der Waals surface area contributed by atoms with Gasteiger partial charge < -0.3 is 9.94 Å². The first-order valence-electron chi connectivity index (χ1n) is 6.40. The van der Waals surface area contributed by atoms with Crippen LogP contribution >= 0.6 is 0 Å². The summed E-state index contributed by atoms with van der Waals surface area (Å²) in [4.78, 5) is 0. The molecule has 1 N–H and O–H groups in total. The molecule has 100 valence electrons. The van der Waals surface area contributed by atoms with Crippen LogP contribution < -0.4 is 0 Å². The Labute approximate surface area is 110 Å². The van der Waals surface area contributed by atoms with Crippen molar-refractivity contribution in [1.29, 1.82) is 0 Å². The number of allylic oxidation sites excluding steroid dienone is 1. The standard InChI is InChI=1S/C15H23NO2/c1-14(9-5-4-8-12-16(2)17)18-13-15-10-6-3-7-11-15/h3,5-7,9-11,14,17H,4,8,12-13H2,1-2H3/b9-5+/t14-/m0/s1. The monoisotopic (exact) mass is 249 g/mol. The molecule has 0 radical (unpaired) electrons. The van der Waals surface area contributed by atoms with Crippen molar-refractivity contribution in [3.8, 4) is 0 Å². The minimum absolute atomic E-state index is 0.122. The zero-order valence-corrected chi connectivity index (χ0v) is 11.2. The van der Waals surface area contributed by atoms with Gasteiger partial charge in [0.05, 0.1) is 12.7 Å². The number of hydrogen-bond donors (Lipinski definition) is 1. The zero-order chi connectivity index (χ0) is 13.2. The van der Waals surface area contributed by atoms with Crippen LogP contribution in [-0.2, 0) is 11.3 Å². The van der Waals surface area contributed by atoms with Crippen molar-refractivity contribution < 1.29 is 9.94 Å². The third-order valence-electron chi connectivity index (χ3n) is 2.62. The Morgan fingerprint density at radius 2 is 2.06 bits per heavy atom. The number of hydroxylamine groups is 2. The highest BCUT2D eigenvalue weighted by molar-refractivity contribution is 5.13. The Kier molecular flexibility index (Phi) is 7.34. The summed E-state index contributed by atoms with van der Waals surface area (Å²) < 4.78 is 5.71. The van der Waals surface area contributed by atoms with Gasteiger partial charge in [0.1, 0.15) is 0 Å². The number of rotatable bonds is 8. The number of unbranched alkanes of at least 4 members (excludes halogenated alkanes) is 1. The molecule has 0 aliphatic carbocycles. The van der Waals surface area contributed by atoms with Gasteiger partial charge in [-0.1, -0.05) is 42.5 Å². The van der Waals surface area contributed by atoms with E-state index in [-0.39, 0.29) is 6.10 Å². The van der Waals surface area contributed by atoms with E-state index in [9.17, 15) is 0 Å². The average Bonchev–Trinajstić information content (AvgIpc) is 2.37. The molecule has 0 aromatic heterocycles. The van der Waals surface area contributed by atoms with Crippen LogP contribution in [0, 0.1) is 0 Å². The van der Waals surface area contributed by atoms with Crippen LogP contribution in [0.25, 0.3) is 0 Å². The lowest BCUT2D eigenvalue weighted by Gasteiger charge is -2.09. The molecule has 18 heavy (non-hydrogen) atoms. The number of ether oxygens (including phenoxy) is 1. The van der Waals surface area contributed by atoms with E-state index in [0.717, 1.165) is 12.8 Å². The predicted molar refractivity (Wildman–Crippen MR) is 73.5 cm³/mol. The molecule has 0 amide bonds. The van der Waals surface area contributed by atoms with Gasteiger partial charge >= 0.3 is 0 Å². The van der Waals surface area contributed by atoms with Gasteiger partial charge in [-0.2, -0.15) is 5.06 Å². The molecule has 0 heterocycles. The molecule has 0 saturated heterocycles. The highest BCUT2D eigenvalue weighted by atomic mass is 16.5. The molecule has 0 fully saturated rings. The second kappa shape index (κ2) is 8.86. The maximum atomic E-state index is 8.96. The molecule has 0 aliphatic rings. The second-order valence-electron chi connectivity index (χ2n) is 4.45. The second-order valence-corrected chi connectivity index (χ2v) is 4.45. The Bertz CT molecular complexity index is 336. The number of benzene rings is 1. The molecular weight excluding hydrogens is 226 g/mol. The van der Waals surface area contributed by atoms with E-state index in [1.54, 1.807) is 7.05 Å². The number of nitrogens with zero attached hydrogens (tertiary/aromatic N) is 1. The first-order chi connectivity index (χ1) is 8.68. The van der Waals surface area contributed by atoms with Crippen LogP contribution in [0.1, 0.15) is 25.3 Å². The van der Waals surface area contributed by atoms with E-state index in [1.807, 2.05) is 25.1 Å². The molecule has 1 atom stereocenters. The van der Waals surface area contributed by atoms with E-state index in [0.29, 0.717) is 13.2 Å². The van der Waals surface area contributed by atoms with Gasteiger partial charge in [0.15, 0.2) is 0 Å². The quantitative estimate of drug-likeness (QED) is 0.436.